The van der Waals surface area contributed by atoms with Crippen LogP contribution in [0.5, 0.6) is 0 Å². The summed E-state index contributed by atoms with van der Waals surface area (Å²) in [7, 11) is -1.95. The number of halogens is 1. The van der Waals surface area contributed by atoms with E-state index in [0.717, 1.165) is 5.56 Å². The van der Waals surface area contributed by atoms with Gasteiger partial charge in [-0.05, 0) is 42.0 Å². The Hall–Kier alpha value is -1.43. The van der Waals surface area contributed by atoms with Crippen LogP contribution in [0.15, 0.2) is 53.7 Å². The molecule has 0 aliphatic heterocycles. The molecule has 4 nitrogen and oxygen atoms in total. The largest absolute Gasteiger partial charge is 0.265 e. The molecule has 0 N–H and O–H groups in total. The lowest BCUT2D eigenvalue weighted by Crippen LogP contribution is -2.26. The highest BCUT2D eigenvalue weighted by Gasteiger charge is 2.20. The van der Waals surface area contributed by atoms with Gasteiger partial charge in [0.2, 0.25) is 10.0 Å². The number of nitrogens with zero attached hydrogens (tertiary/aromatic N) is 2. The van der Waals surface area contributed by atoms with E-state index in [1.54, 1.807) is 43.7 Å². The molecule has 0 saturated carbocycles. The molecule has 0 aliphatic rings. The standard InChI is InChI=1S/C13H13ClN2O2S/c1-16(10-11-6-8-15-9-7-11)19(17,18)13-4-2-12(14)3-5-13/h2-9H,10H2,1H3. The van der Waals surface area contributed by atoms with Crippen molar-refractivity contribution >= 4 is 21.6 Å². The minimum Gasteiger partial charge on any atom is -0.265 e. The highest BCUT2D eigenvalue weighted by atomic mass is 35.5. The molecule has 0 bridgehead atoms. The van der Waals surface area contributed by atoms with Crippen molar-refractivity contribution in [1.29, 1.82) is 0 Å². The maximum atomic E-state index is 12.3. The van der Waals surface area contributed by atoms with Gasteiger partial charge < -0.3 is 0 Å². The van der Waals surface area contributed by atoms with Crippen molar-refractivity contribution in [1.82, 2.24) is 9.29 Å². The van der Waals surface area contributed by atoms with E-state index < -0.39 is 10.0 Å². The molecule has 0 atom stereocenters. The molecule has 19 heavy (non-hydrogen) atoms. The molecule has 2 aromatic rings. The van der Waals surface area contributed by atoms with E-state index >= 15 is 0 Å². The van der Waals surface area contributed by atoms with Crippen molar-refractivity contribution in [3.05, 3.63) is 59.4 Å². The summed E-state index contributed by atoms with van der Waals surface area (Å²) < 4.78 is 25.9. The third-order valence-corrected chi connectivity index (χ3v) is 4.75. The lowest BCUT2D eigenvalue weighted by Gasteiger charge is -2.17. The summed E-state index contributed by atoms with van der Waals surface area (Å²) in [5, 5.41) is 0.510. The maximum Gasteiger partial charge on any atom is 0.243 e. The van der Waals surface area contributed by atoms with Gasteiger partial charge in [0.25, 0.3) is 0 Å². The van der Waals surface area contributed by atoms with Gasteiger partial charge in [-0.1, -0.05) is 11.6 Å². The Morgan fingerprint density at radius 3 is 2.26 bits per heavy atom. The van der Waals surface area contributed by atoms with Gasteiger partial charge in [-0.25, -0.2) is 8.42 Å². The molecule has 0 spiro atoms. The van der Waals surface area contributed by atoms with E-state index in [1.165, 1.54) is 16.4 Å². The van der Waals surface area contributed by atoms with E-state index in [1.807, 2.05) is 0 Å². The summed E-state index contributed by atoms with van der Waals surface area (Å²) in [6.07, 6.45) is 3.27. The average Bonchev–Trinajstić information content (AvgIpc) is 2.40. The van der Waals surface area contributed by atoms with Crippen LogP contribution >= 0.6 is 11.6 Å². The zero-order chi connectivity index (χ0) is 13.9. The van der Waals surface area contributed by atoms with E-state index in [2.05, 4.69) is 4.98 Å². The molecule has 0 amide bonds. The highest BCUT2D eigenvalue weighted by Crippen LogP contribution is 2.18. The van der Waals surface area contributed by atoms with Crippen LogP contribution in [0.3, 0.4) is 0 Å². The molecule has 0 radical (unpaired) electrons. The Labute approximate surface area is 117 Å². The van der Waals surface area contributed by atoms with Crippen LogP contribution in [0.4, 0.5) is 0 Å². The first-order chi connectivity index (χ1) is 9.00. The smallest absolute Gasteiger partial charge is 0.243 e. The number of aromatic nitrogens is 1. The molecule has 0 saturated heterocycles. The van der Waals surface area contributed by atoms with Crippen molar-refractivity contribution in [3.8, 4) is 0 Å². The molecule has 1 heterocycles. The maximum absolute atomic E-state index is 12.3. The van der Waals surface area contributed by atoms with E-state index in [0.29, 0.717) is 11.6 Å². The zero-order valence-corrected chi connectivity index (χ0v) is 11.9. The lowest BCUT2D eigenvalue weighted by atomic mass is 10.3. The summed E-state index contributed by atoms with van der Waals surface area (Å²) in [4.78, 5) is 4.13. The van der Waals surface area contributed by atoms with Gasteiger partial charge in [0, 0.05) is 31.0 Å². The van der Waals surface area contributed by atoms with Gasteiger partial charge in [-0.2, -0.15) is 4.31 Å². The third-order valence-electron chi connectivity index (χ3n) is 2.68. The molecule has 100 valence electrons. The first-order valence-corrected chi connectivity index (χ1v) is 7.43. The van der Waals surface area contributed by atoms with Gasteiger partial charge in [0.15, 0.2) is 0 Å². The minimum atomic E-state index is -3.50. The Kier molecular flexibility index (Phi) is 4.19. The van der Waals surface area contributed by atoms with Gasteiger partial charge in [0.05, 0.1) is 4.90 Å². The number of hydrogen-bond acceptors (Lipinski definition) is 3. The Morgan fingerprint density at radius 2 is 1.68 bits per heavy atom. The average molecular weight is 297 g/mol. The van der Waals surface area contributed by atoms with Gasteiger partial charge in [-0.15, -0.1) is 0 Å². The van der Waals surface area contributed by atoms with Crippen LogP contribution in [0, 0.1) is 0 Å². The molecular weight excluding hydrogens is 284 g/mol. The number of benzene rings is 1. The first-order valence-electron chi connectivity index (χ1n) is 5.61. The molecule has 0 fully saturated rings. The SMILES string of the molecule is CN(Cc1ccncc1)S(=O)(=O)c1ccc(Cl)cc1. The van der Waals surface area contributed by atoms with E-state index in [4.69, 9.17) is 11.6 Å². The van der Waals surface area contributed by atoms with Crippen molar-refractivity contribution in [2.75, 3.05) is 7.05 Å². The monoisotopic (exact) mass is 296 g/mol. The van der Waals surface area contributed by atoms with Crippen LogP contribution in [0.25, 0.3) is 0 Å². The predicted octanol–water partition coefficient (Wildman–Crippen LogP) is 2.56. The summed E-state index contributed by atoms with van der Waals surface area (Å²) in [5.41, 5.74) is 0.884. The second kappa shape index (κ2) is 5.69. The molecule has 1 aromatic carbocycles. The molecule has 0 aliphatic carbocycles. The van der Waals surface area contributed by atoms with Crippen molar-refractivity contribution in [2.24, 2.45) is 0 Å². The Morgan fingerprint density at radius 1 is 1.11 bits per heavy atom. The topological polar surface area (TPSA) is 50.3 Å². The third kappa shape index (κ3) is 3.32. The van der Waals surface area contributed by atoms with E-state index in [-0.39, 0.29) is 4.90 Å². The second-order valence-electron chi connectivity index (χ2n) is 4.07. The number of pyridine rings is 1. The van der Waals surface area contributed by atoms with Crippen LogP contribution in [-0.2, 0) is 16.6 Å². The van der Waals surface area contributed by atoms with Crippen LogP contribution in [0.2, 0.25) is 5.02 Å². The number of hydrogen-bond donors (Lipinski definition) is 0. The fourth-order valence-electron chi connectivity index (χ4n) is 1.62. The number of rotatable bonds is 4. The quantitative estimate of drug-likeness (QED) is 0.871. The minimum absolute atomic E-state index is 0.230. The summed E-state index contributed by atoms with van der Waals surface area (Å²) in [6.45, 7) is 0.299. The zero-order valence-electron chi connectivity index (χ0n) is 10.3. The molecule has 1 aromatic heterocycles. The van der Waals surface area contributed by atoms with Crippen LogP contribution in [-0.4, -0.2) is 24.8 Å². The van der Waals surface area contributed by atoms with E-state index in [9.17, 15) is 8.42 Å². The Balaban J connectivity index is 2.22. The summed E-state index contributed by atoms with van der Waals surface area (Å²) >= 11 is 5.76. The second-order valence-corrected chi connectivity index (χ2v) is 6.55. The molecule has 6 heteroatoms. The number of sulfonamides is 1. The normalized spacial score (nSPS) is 11.7. The predicted molar refractivity (Wildman–Crippen MR) is 74.3 cm³/mol. The molecule has 2 rings (SSSR count). The first kappa shape index (κ1) is 14.0. The van der Waals surface area contributed by atoms with Crippen molar-refractivity contribution in [2.45, 2.75) is 11.4 Å². The van der Waals surface area contributed by atoms with Crippen molar-refractivity contribution < 1.29 is 8.42 Å². The summed E-state index contributed by atoms with van der Waals surface area (Å²) in [6, 6.07) is 9.70. The van der Waals surface area contributed by atoms with Crippen molar-refractivity contribution in [3.63, 3.8) is 0 Å². The van der Waals surface area contributed by atoms with Gasteiger partial charge >= 0.3 is 0 Å². The van der Waals surface area contributed by atoms with Crippen LogP contribution < -0.4 is 0 Å². The van der Waals surface area contributed by atoms with Gasteiger partial charge in [-0.3, -0.25) is 4.98 Å². The van der Waals surface area contributed by atoms with Crippen LogP contribution in [0.1, 0.15) is 5.56 Å². The lowest BCUT2D eigenvalue weighted by molar-refractivity contribution is 0.466. The Bertz CT molecular complexity index is 642. The highest BCUT2D eigenvalue weighted by molar-refractivity contribution is 7.89. The fourth-order valence-corrected chi connectivity index (χ4v) is 2.90. The molecule has 0 unspecified atom stereocenters. The summed E-state index contributed by atoms with van der Waals surface area (Å²) in [5.74, 6) is 0. The van der Waals surface area contributed by atoms with Gasteiger partial charge in [0.1, 0.15) is 0 Å². The fraction of sp³-hybridized carbons (Fsp3) is 0.154. The molecular formula is C13H13ClN2O2S.